The zero-order valence-corrected chi connectivity index (χ0v) is 23.7. The van der Waals surface area contributed by atoms with E-state index in [1.165, 1.54) is 24.3 Å². The van der Waals surface area contributed by atoms with E-state index in [1.54, 1.807) is 6.08 Å². The maximum Gasteiger partial charge on any atom is 0.416 e. The van der Waals surface area contributed by atoms with E-state index in [0.717, 1.165) is 35.2 Å². The highest BCUT2D eigenvalue weighted by Crippen LogP contribution is 2.66. The maximum atomic E-state index is 13.2. The Balaban J connectivity index is 2.13. The lowest BCUT2D eigenvalue weighted by Gasteiger charge is -2.46. The van der Waals surface area contributed by atoms with Crippen LogP contribution < -0.4 is 10.6 Å². The number of rotatable bonds is 5. The summed E-state index contributed by atoms with van der Waals surface area (Å²) in [6.45, 7) is 15.4. The Morgan fingerprint density at radius 1 is 0.649 bits per heavy atom. The SMILES string of the molecule is C[C@H](C1=[C]C=C=C1P(c1ccc(C(F)(F)F)cc1)c1ccc(C(F)(F)F)cc1)P(C(C)(C)C)C(C)(C)C. The molecule has 2 aromatic carbocycles. The summed E-state index contributed by atoms with van der Waals surface area (Å²) in [5, 5.41) is 2.02. The Labute approximate surface area is 218 Å². The number of hydrogen-bond acceptors (Lipinski definition) is 0. The van der Waals surface area contributed by atoms with Crippen LogP contribution >= 0.6 is 15.8 Å². The van der Waals surface area contributed by atoms with Crippen molar-refractivity contribution in [1.29, 1.82) is 0 Å². The average Bonchev–Trinajstić information content (AvgIpc) is 3.21. The average molecular weight is 556 g/mol. The summed E-state index contributed by atoms with van der Waals surface area (Å²) in [7, 11) is -2.08. The summed E-state index contributed by atoms with van der Waals surface area (Å²) in [5.41, 5.74) is 2.75. The largest absolute Gasteiger partial charge is 0.416 e. The van der Waals surface area contributed by atoms with E-state index in [1.807, 2.05) is 0 Å². The van der Waals surface area contributed by atoms with Crippen LogP contribution in [0.4, 0.5) is 26.3 Å². The van der Waals surface area contributed by atoms with Crippen LogP contribution in [0, 0.1) is 6.08 Å². The van der Waals surface area contributed by atoms with Crippen molar-refractivity contribution in [2.45, 2.75) is 76.8 Å². The molecule has 1 radical (unpaired) electrons. The van der Waals surface area contributed by atoms with Crippen molar-refractivity contribution in [1.82, 2.24) is 0 Å². The number of halogens is 6. The minimum Gasteiger partial charge on any atom is -0.166 e. The fourth-order valence-electron chi connectivity index (χ4n) is 5.14. The molecule has 0 heterocycles. The molecule has 0 aromatic heterocycles. The highest BCUT2D eigenvalue weighted by Gasteiger charge is 2.41. The monoisotopic (exact) mass is 555 g/mol. The van der Waals surface area contributed by atoms with E-state index in [0.29, 0.717) is 10.6 Å². The molecule has 0 bridgehead atoms. The first-order valence-electron chi connectivity index (χ1n) is 11.8. The first-order valence-corrected chi connectivity index (χ1v) is 14.6. The Hall–Kier alpha value is -1.86. The quantitative estimate of drug-likeness (QED) is 0.196. The Bertz CT molecular complexity index is 1130. The summed E-state index contributed by atoms with van der Waals surface area (Å²) in [4.78, 5) is 0. The molecule has 0 nitrogen and oxygen atoms in total. The van der Waals surface area contributed by atoms with Gasteiger partial charge in [0, 0.05) is 11.0 Å². The lowest BCUT2D eigenvalue weighted by atomic mass is 10.2. The minimum atomic E-state index is -4.48. The van der Waals surface area contributed by atoms with Gasteiger partial charge in [-0.25, -0.2) is 0 Å². The van der Waals surface area contributed by atoms with E-state index < -0.39 is 39.3 Å². The lowest BCUT2D eigenvalue weighted by molar-refractivity contribution is -0.138. The third-order valence-corrected chi connectivity index (χ3v) is 12.4. The Morgan fingerprint density at radius 2 is 1.03 bits per heavy atom. The molecule has 0 saturated carbocycles. The van der Waals surface area contributed by atoms with E-state index in [4.69, 9.17) is 0 Å². The molecule has 0 N–H and O–H groups in total. The molecular formula is C29H31F6P2. The molecule has 2 aromatic rings. The van der Waals surface area contributed by atoms with Crippen LogP contribution in [-0.2, 0) is 12.4 Å². The molecule has 8 heteroatoms. The van der Waals surface area contributed by atoms with Crippen LogP contribution in [0.3, 0.4) is 0 Å². The number of alkyl halides is 6. The molecule has 0 amide bonds. The minimum absolute atomic E-state index is 0.000843. The van der Waals surface area contributed by atoms with Crippen LogP contribution in [0.1, 0.15) is 59.6 Å². The van der Waals surface area contributed by atoms with E-state index >= 15 is 0 Å². The van der Waals surface area contributed by atoms with Gasteiger partial charge in [-0.2, -0.15) is 26.3 Å². The molecule has 0 spiro atoms. The normalized spacial score (nSPS) is 15.9. The third kappa shape index (κ3) is 6.78. The summed E-state index contributed by atoms with van der Waals surface area (Å²) < 4.78 is 79.5. The van der Waals surface area contributed by atoms with Gasteiger partial charge in [-0.3, -0.25) is 0 Å². The van der Waals surface area contributed by atoms with Crippen LogP contribution in [0.5, 0.6) is 0 Å². The van der Waals surface area contributed by atoms with E-state index in [2.05, 4.69) is 60.3 Å². The topological polar surface area (TPSA) is 0 Å². The lowest BCUT2D eigenvalue weighted by Crippen LogP contribution is -2.31. The van der Waals surface area contributed by atoms with Crippen LogP contribution in [0.25, 0.3) is 0 Å². The van der Waals surface area contributed by atoms with Gasteiger partial charge in [0.15, 0.2) is 0 Å². The highest BCUT2D eigenvalue weighted by atomic mass is 31.1. The van der Waals surface area contributed by atoms with Crippen molar-refractivity contribution in [3.8, 4) is 0 Å². The van der Waals surface area contributed by atoms with Crippen molar-refractivity contribution in [2.24, 2.45) is 0 Å². The second-order valence-electron chi connectivity index (χ2n) is 11.0. The third-order valence-electron chi connectivity index (χ3n) is 6.07. The predicted octanol–water partition coefficient (Wildman–Crippen LogP) is 9.41. The van der Waals surface area contributed by atoms with Crippen LogP contribution in [0.2, 0.25) is 0 Å². The van der Waals surface area contributed by atoms with Gasteiger partial charge >= 0.3 is 12.4 Å². The first-order chi connectivity index (χ1) is 16.8. The van der Waals surface area contributed by atoms with Crippen molar-refractivity contribution >= 4 is 26.5 Å². The molecule has 199 valence electrons. The zero-order chi connectivity index (χ0) is 28.0. The molecule has 0 fully saturated rings. The molecule has 1 aliphatic carbocycles. The number of hydrogen-bond donors (Lipinski definition) is 0. The second-order valence-corrected chi connectivity index (χ2v) is 17.4. The molecule has 37 heavy (non-hydrogen) atoms. The van der Waals surface area contributed by atoms with Crippen molar-refractivity contribution in [2.75, 3.05) is 0 Å². The fraction of sp³-hybridized carbons (Fsp3) is 0.414. The first kappa shape index (κ1) is 29.7. The second kappa shape index (κ2) is 10.4. The smallest absolute Gasteiger partial charge is 0.166 e. The van der Waals surface area contributed by atoms with Crippen LogP contribution in [-0.4, -0.2) is 16.0 Å². The molecule has 0 saturated heterocycles. The van der Waals surface area contributed by atoms with E-state index in [9.17, 15) is 26.3 Å². The van der Waals surface area contributed by atoms with Gasteiger partial charge in [-0.15, -0.1) is 5.73 Å². The standard InChI is InChI=1S/C29H31F6P2/c1-19(37(26(2,3)4)27(5,6)7)24-9-8-10-25(24)36(22-15-11-20(12-16-22)28(30,31)32)23-17-13-21(14-18-23)29(33,34)35/h8,11-19H,1-7H3/t19-/m1/s1. The van der Waals surface area contributed by atoms with Gasteiger partial charge in [0.05, 0.1) is 11.1 Å². The molecule has 0 unspecified atom stereocenters. The van der Waals surface area contributed by atoms with Gasteiger partial charge in [-0.1, -0.05) is 80.7 Å². The Kier molecular flexibility index (Phi) is 8.32. The van der Waals surface area contributed by atoms with Gasteiger partial charge in [0.1, 0.15) is 0 Å². The van der Waals surface area contributed by atoms with Gasteiger partial charge in [0.25, 0.3) is 0 Å². The summed E-state index contributed by atoms with van der Waals surface area (Å²) in [5.74, 6) is 0. The molecule has 3 rings (SSSR count). The maximum absolute atomic E-state index is 13.2. The van der Waals surface area contributed by atoms with Gasteiger partial charge < -0.3 is 0 Å². The Morgan fingerprint density at radius 3 is 1.35 bits per heavy atom. The molecular weight excluding hydrogens is 524 g/mol. The molecule has 1 atom stereocenters. The highest BCUT2D eigenvalue weighted by molar-refractivity contribution is 7.77. The van der Waals surface area contributed by atoms with Gasteiger partial charge in [-0.05, 0) is 70.8 Å². The summed E-state index contributed by atoms with van der Waals surface area (Å²) >= 11 is 0. The van der Waals surface area contributed by atoms with Gasteiger partial charge in [0.2, 0.25) is 0 Å². The van der Waals surface area contributed by atoms with Crippen molar-refractivity contribution < 1.29 is 26.3 Å². The zero-order valence-electron chi connectivity index (χ0n) is 21.9. The fourth-order valence-corrected chi connectivity index (χ4v) is 12.4. The van der Waals surface area contributed by atoms with Crippen molar-refractivity contribution in [3.63, 3.8) is 0 Å². The summed E-state index contributed by atoms with van der Waals surface area (Å²) in [6, 6.07) is 9.83. The van der Waals surface area contributed by atoms with Crippen molar-refractivity contribution in [3.05, 3.63) is 88.4 Å². The van der Waals surface area contributed by atoms with Crippen LogP contribution in [0.15, 0.2) is 71.2 Å². The van der Waals surface area contributed by atoms with E-state index in [-0.39, 0.29) is 16.0 Å². The number of benzene rings is 2. The molecule has 1 aliphatic rings. The summed E-state index contributed by atoms with van der Waals surface area (Å²) in [6.07, 6.45) is -3.93. The predicted molar refractivity (Wildman–Crippen MR) is 143 cm³/mol. The molecule has 0 aliphatic heterocycles. The number of allylic oxidation sites excluding steroid dienone is 3.